The molecule has 1 aliphatic heterocycles. The zero-order valence-electron chi connectivity index (χ0n) is 16.7. The van der Waals surface area contributed by atoms with Crippen LogP contribution in [0.3, 0.4) is 0 Å². The van der Waals surface area contributed by atoms with E-state index >= 15 is 0 Å². The second-order valence-corrected chi connectivity index (χ2v) is 7.81. The van der Waals surface area contributed by atoms with E-state index in [1.165, 1.54) is 38.3 Å². The van der Waals surface area contributed by atoms with Gasteiger partial charge in [-0.25, -0.2) is 14.4 Å². The lowest BCUT2D eigenvalue weighted by atomic mass is 10.1. The van der Waals surface area contributed by atoms with Crippen LogP contribution in [0.4, 0.5) is 4.79 Å². The molecule has 0 aliphatic carbocycles. The molecule has 2 heterocycles. The molecule has 1 aromatic heterocycles. The molecular weight excluding hydrogens is 512 g/mol. The number of methoxy groups -OCH3 is 1. The summed E-state index contributed by atoms with van der Waals surface area (Å²) < 4.78 is 15.5. The molecule has 0 unspecified atom stereocenters. The number of amides is 3. The number of rotatable bonds is 7. The predicted molar refractivity (Wildman–Crippen MR) is 114 cm³/mol. The molecule has 2 aromatic rings. The molecule has 168 valence electrons. The molecule has 1 fully saturated rings. The molecule has 3 rings (SSSR count). The van der Waals surface area contributed by atoms with Crippen LogP contribution in [0.5, 0.6) is 5.75 Å². The number of carbonyl (C=O) groups is 4. The number of halogens is 2. The van der Waals surface area contributed by atoms with Gasteiger partial charge in [-0.2, -0.15) is 0 Å². The first-order chi connectivity index (χ1) is 15.1. The van der Waals surface area contributed by atoms with E-state index in [1.807, 2.05) is 0 Å². The Morgan fingerprint density at radius 3 is 2.69 bits per heavy atom. The van der Waals surface area contributed by atoms with Crippen LogP contribution in [0.2, 0.25) is 5.02 Å². The zero-order valence-corrected chi connectivity index (χ0v) is 19.0. The Morgan fingerprint density at radius 2 is 2.06 bits per heavy atom. The Morgan fingerprint density at radius 1 is 1.34 bits per heavy atom. The number of nitrogens with zero attached hydrogens (tertiary/aromatic N) is 1. The van der Waals surface area contributed by atoms with Gasteiger partial charge < -0.3 is 24.3 Å². The molecule has 1 aromatic carbocycles. The first-order valence-corrected chi connectivity index (χ1v) is 10.2. The highest BCUT2D eigenvalue weighted by Gasteiger charge is 2.34. The van der Waals surface area contributed by atoms with Gasteiger partial charge in [-0.05, 0) is 58.8 Å². The first-order valence-electron chi connectivity index (χ1n) is 9.00. The fourth-order valence-electron chi connectivity index (χ4n) is 2.71. The average Bonchev–Trinajstić information content (AvgIpc) is 3.30. The van der Waals surface area contributed by atoms with E-state index in [9.17, 15) is 19.2 Å². The number of hydrogen-bond acceptors (Lipinski definition) is 7. The van der Waals surface area contributed by atoms with Crippen LogP contribution < -0.4 is 10.1 Å². The number of benzene rings is 1. The topological polar surface area (TPSA) is 135 Å². The minimum absolute atomic E-state index is 0.00899. The van der Waals surface area contributed by atoms with Crippen molar-refractivity contribution < 1.29 is 38.2 Å². The number of furan rings is 1. The lowest BCUT2D eigenvalue weighted by Gasteiger charge is -2.14. The Kier molecular flexibility index (Phi) is 6.90. The fraction of sp³-hybridized carbons (Fsp3) is 0.200. The summed E-state index contributed by atoms with van der Waals surface area (Å²) in [6.45, 7) is 1.17. The van der Waals surface area contributed by atoms with Crippen molar-refractivity contribution in [2.75, 3.05) is 7.11 Å². The average molecular weight is 528 g/mol. The van der Waals surface area contributed by atoms with Crippen LogP contribution in [-0.4, -0.2) is 47.1 Å². The van der Waals surface area contributed by atoms with E-state index in [0.29, 0.717) is 10.0 Å². The summed E-state index contributed by atoms with van der Waals surface area (Å²) >= 11 is 9.46. The van der Waals surface area contributed by atoms with Crippen molar-refractivity contribution in [2.45, 2.75) is 19.6 Å². The molecule has 32 heavy (non-hydrogen) atoms. The second kappa shape index (κ2) is 9.45. The number of esters is 1. The van der Waals surface area contributed by atoms with Crippen LogP contribution in [0, 0.1) is 0 Å². The first kappa shape index (κ1) is 23.4. The van der Waals surface area contributed by atoms with Crippen LogP contribution in [0.15, 0.2) is 38.9 Å². The molecule has 10 nitrogen and oxygen atoms in total. The number of carbonyl (C=O) groups excluding carboxylic acids is 3. The zero-order chi connectivity index (χ0) is 23.6. The normalized spacial score (nSPS) is 15.6. The van der Waals surface area contributed by atoms with E-state index in [-0.39, 0.29) is 34.5 Å². The molecular formula is C20H16BrClN2O8. The van der Waals surface area contributed by atoms with Gasteiger partial charge in [0.1, 0.15) is 11.5 Å². The molecule has 12 heteroatoms. The van der Waals surface area contributed by atoms with Crippen molar-refractivity contribution in [1.29, 1.82) is 0 Å². The van der Waals surface area contributed by atoms with Crippen molar-refractivity contribution in [3.8, 4) is 5.75 Å². The third-order valence-corrected chi connectivity index (χ3v) is 5.17. The van der Waals surface area contributed by atoms with Gasteiger partial charge in [-0.3, -0.25) is 9.69 Å². The van der Waals surface area contributed by atoms with Gasteiger partial charge in [-0.1, -0.05) is 11.6 Å². The third kappa shape index (κ3) is 4.94. The van der Waals surface area contributed by atoms with Gasteiger partial charge in [0.25, 0.3) is 5.91 Å². The highest BCUT2D eigenvalue weighted by Crippen LogP contribution is 2.36. The summed E-state index contributed by atoms with van der Waals surface area (Å²) in [5.74, 6) is -2.15. The van der Waals surface area contributed by atoms with Gasteiger partial charge >= 0.3 is 18.0 Å². The Bertz CT molecular complexity index is 1120. The number of aliphatic carboxylic acids is 1. The molecule has 1 saturated heterocycles. The number of imide groups is 1. The number of carboxylic acid groups (broad SMARTS) is 1. The SMILES string of the molecule is COC(=O)c1ccc(CN2C(=O)N/C(=C\c3cc(Cl)c(O[C@H](C)C(=O)O)c(Br)c3)C2=O)o1. The second-order valence-electron chi connectivity index (χ2n) is 6.55. The Hall–Kier alpha value is -3.31. The molecule has 3 amide bonds. The highest BCUT2D eigenvalue weighted by molar-refractivity contribution is 9.10. The van der Waals surface area contributed by atoms with Crippen molar-refractivity contribution >= 4 is 57.5 Å². The molecule has 0 bridgehead atoms. The maximum atomic E-state index is 12.7. The lowest BCUT2D eigenvalue weighted by Crippen LogP contribution is -2.30. The summed E-state index contributed by atoms with van der Waals surface area (Å²) in [6.07, 6.45) is 0.280. The summed E-state index contributed by atoms with van der Waals surface area (Å²) in [7, 11) is 1.20. The van der Waals surface area contributed by atoms with Gasteiger partial charge in [0.05, 0.1) is 23.1 Å². The Balaban J connectivity index is 1.79. The molecule has 0 radical (unpaired) electrons. The van der Waals surface area contributed by atoms with Gasteiger partial charge in [0.15, 0.2) is 11.9 Å². The molecule has 2 N–H and O–H groups in total. The predicted octanol–water partition coefficient (Wildman–Crippen LogP) is 3.43. The highest BCUT2D eigenvalue weighted by atomic mass is 79.9. The van der Waals surface area contributed by atoms with Gasteiger partial charge in [-0.15, -0.1) is 0 Å². The van der Waals surface area contributed by atoms with Crippen molar-refractivity contribution in [3.63, 3.8) is 0 Å². The number of carboxylic acids is 1. The van der Waals surface area contributed by atoms with Crippen molar-refractivity contribution in [1.82, 2.24) is 10.2 Å². The minimum atomic E-state index is -1.16. The van der Waals surface area contributed by atoms with E-state index < -0.39 is 30.0 Å². The van der Waals surface area contributed by atoms with Crippen LogP contribution in [-0.2, 0) is 20.9 Å². The van der Waals surface area contributed by atoms with Crippen LogP contribution in [0.25, 0.3) is 6.08 Å². The quantitative estimate of drug-likeness (QED) is 0.318. The number of hydrogen-bond donors (Lipinski definition) is 2. The number of urea groups is 1. The summed E-state index contributed by atoms with van der Waals surface area (Å²) in [6, 6.07) is 5.19. The minimum Gasteiger partial charge on any atom is -0.479 e. The van der Waals surface area contributed by atoms with Crippen molar-refractivity contribution in [2.24, 2.45) is 0 Å². The van der Waals surface area contributed by atoms with Crippen molar-refractivity contribution in [3.05, 3.63) is 56.5 Å². The number of ether oxygens (including phenoxy) is 2. The lowest BCUT2D eigenvalue weighted by molar-refractivity contribution is -0.144. The summed E-state index contributed by atoms with van der Waals surface area (Å²) in [4.78, 5) is 48.3. The fourth-order valence-corrected chi connectivity index (χ4v) is 3.67. The van der Waals surface area contributed by atoms with E-state index in [2.05, 4.69) is 26.0 Å². The van der Waals surface area contributed by atoms with E-state index in [0.717, 1.165) is 4.90 Å². The van der Waals surface area contributed by atoms with E-state index in [1.54, 1.807) is 6.07 Å². The standard InChI is InChI=1S/C20H16BrClN2O8/c1-9(18(26)27)31-16-12(21)5-10(6-13(16)22)7-14-17(25)24(20(29)23-14)8-11-3-4-15(32-11)19(28)30-2/h3-7,9H,8H2,1-2H3,(H,23,29)(H,26,27)/b14-7-/t9-/m1/s1. The summed E-state index contributed by atoms with van der Waals surface area (Å²) in [5.41, 5.74) is 0.443. The van der Waals surface area contributed by atoms with Gasteiger partial charge in [0, 0.05) is 0 Å². The maximum absolute atomic E-state index is 12.7. The third-order valence-electron chi connectivity index (χ3n) is 4.30. The van der Waals surface area contributed by atoms with E-state index in [4.69, 9.17) is 25.9 Å². The van der Waals surface area contributed by atoms with Crippen LogP contribution >= 0.6 is 27.5 Å². The monoisotopic (exact) mass is 526 g/mol. The molecule has 1 aliphatic rings. The largest absolute Gasteiger partial charge is 0.479 e. The van der Waals surface area contributed by atoms with Crippen LogP contribution in [0.1, 0.15) is 28.8 Å². The Labute approximate surface area is 194 Å². The molecule has 0 saturated carbocycles. The summed E-state index contributed by atoms with van der Waals surface area (Å²) in [5, 5.41) is 11.6. The maximum Gasteiger partial charge on any atom is 0.373 e. The smallest absolute Gasteiger partial charge is 0.373 e. The van der Waals surface area contributed by atoms with Gasteiger partial charge in [0.2, 0.25) is 5.76 Å². The molecule has 0 spiro atoms. The number of nitrogens with one attached hydrogen (secondary N) is 1. The molecule has 1 atom stereocenters.